The van der Waals surface area contributed by atoms with Gasteiger partial charge in [0.25, 0.3) is 5.91 Å². The monoisotopic (exact) mass is 355 g/mol. The number of halogens is 1. The van der Waals surface area contributed by atoms with Crippen LogP contribution in [0.5, 0.6) is 5.75 Å². The SMILES string of the molecule is O=C([O-])CCCc1ccc(NC(=O)c2cc(Cl)ccc2O)cc1.[Na+]. The zero-order chi connectivity index (χ0) is 16.8. The second-order valence-electron chi connectivity index (χ2n) is 5.04. The molecule has 24 heavy (non-hydrogen) atoms. The number of amides is 1. The van der Waals surface area contributed by atoms with Crippen molar-refractivity contribution < 1.29 is 49.4 Å². The van der Waals surface area contributed by atoms with Gasteiger partial charge in [0.2, 0.25) is 0 Å². The molecule has 120 valence electrons. The maximum atomic E-state index is 12.1. The van der Waals surface area contributed by atoms with Crippen LogP contribution in [0.15, 0.2) is 42.5 Å². The number of carboxylic acid groups (broad SMARTS) is 1. The van der Waals surface area contributed by atoms with Crippen molar-refractivity contribution >= 4 is 29.2 Å². The Bertz CT molecular complexity index is 719. The van der Waals surface area contributed by atoms with Crippen molar-refractivity contribution in [2.45, 2.75) is 19.3 Å². The smallest absolute Gasteiger partial charge is 0.550 e. The van der Waals surface area contributed by atoms with Gasteiger partial charge in [0.05, 0.1) is 5.56 Å². The van der Waals surface area contributed by atoms with E-state index in [1.807, 2.05) is 12.1 Å². The molecule has 0 aliphatic rings. The minimum Gasteiger partial charge on any atom is -0.550 e. The third-order valence-corrected chi connectivity index (χ3v) is 3.50. The first-order valence-corrected chi connectivity index (χ1v) is 7.42. The number of anilines is 1. The maximum absolute atomic E-state index is 12.1. The standard InChI is InChI=1S/C17H16ClNO4.Na/c18-12-6-9-15(20)14(10-12)17(23)19-13-7-4-11(5-8-13)2-1-3-16(21)22;/h4-10,20H,1-3H2,(H,19,23)(H,21,22);/q;+1/p-1. The second-order valence-corrected chi connectivity index (χ2v) is 5.47. The van der Waals surface area contributed by atoms with Crippen molar-refractivity contribution in [2.24, 2.45) is 0 Å². The van der Waals surface area contributed by atoms with E-state index in [-0.39, 0.29) is 47.3 Å². The van der Waals surface area contributed by atoms with Gasteiger partial charge in [-0.15, -0.1) is 0 Å². The number of hydrogen-bond acceptors (Lipinski definition) is 4. The third kappa shape index (κ3) is 6.17. The van der Waals surface area contributed by atoms with Gasteiger partial charge in [0.1, 0.15) is 5.75 Å². The summed E-state index contributed by atoms with van der Waals surface area (Å²) < 4.78 is 0. The Balaban J connectivity index is 0.00000288. The predicted octanol–water partition coefficient (Wildman–Crippen LogP) is -0.626. The van der Waals surface area contributed by atoms with Gasteiger partial charge in [-0.25, -0.2) is 0 Å². The summed E-state index contributed by atoms with van der Waals surface area (Å²) in [6.07, 6.45) is 1.15. The van der Waals surface area contributed by atoms with Crippen LogP contribution in [-0.4, -0.2) is 17.0 Å². The average molecular weight is 356 g/mol. The summed E-state index contributed by atoms with van der Waals surface area (Å²) in [4.78, 5) is 22.5. The third-order valence-electron chi connectivity index (χ3n) is 3.26. The summed E-state index contributed by atoms with van der Waals surface area (Å²) in [5, 5.41) is 23.1. The molecule has 0 radical (unpaired) electrons. The fourth-order valence-electron chi connectivity index (χ4n) is 2.08. The number of rotatable bonds is 6. The molecule has 1 amide bonds. The van der Waals surface area contributed by atoms with E-state index >= 15 is 0 Å². The van der Waals surface area contributed by atoms with Crippen LogP contribution in [0.3, 0.4) is 0 Å². The molecule has 2 rings (SSSR count). The molecule has 5 nitrogen and oxygen atoms in total. The van der Waals surface area contributed by atoms with Crippen LogP contribution >= 0.6 is 11.6 Å². The normalized spacial score (nSPS) is 9.88. The molecule has 0 aliphatic carbocycles. The van der Waals surface area contributed by atoms with Crippen molar-refractivity contribution in [3.05, 3.63) is 58.6 Å². The van der Waals surface area contributed by atoms with Crippen LogP contribution in [0, 0.1) is 0 Å². The predicted molar refractivity (Wildman–Crippen MR) is 85.5 cm³/mol. The quantitative estimate of drug-likeness (QED) is 0.676. The summed E-state index contributed by atoms with van der Waals surface area (Å²) in [6, 6.07) is 11.3. The Hall–Kier alpha value is -1.53. The zero-order valence-electron chi connectivity index (χ0n) is 13.2. The van der Waals surface area contributed by atoms with Gasteiger partial charge in [-0.3, -0.25) is 4.79 Å². The molecule has 2 aromatic rings. The van der Waals surface area contributed by atoms with Crippen LogP contribution in [0.1, 0.15) is 28.8 Å². The number of aliphatic carboxylic acids is 1. The molecule has 0 saturated heterocycles. The number of nitrogens with one attached hydrogen (secondary N) is 1. The van der Waals surface area contributed by atoms with E-state index in [1.54, 1.807) is 12.1 Å². The Morgan fingerprint density at radius 3 is 2.42 bits per heavy atom. The number of carbonyl (C=O) groups is 2. The molecule has 0 aromatic heterocycles. The summed E-state index contributed by atoms with van der Waals surface area (Å²) in [7, 11) is 0. The fraction of sp³-hybridized carbons (Fsp3) is 0.176. The van der Waals surface area contributed by atoms with E-state index < -0.39 is 11.9 Å². The Kier molecular flexibility index (Phi) is 8.28. The van der Waals surface area contributed by atoms with E-state index in [4.69, 9.17) is 11.6 Å². The second kappa shape index (κ2) is 9.69. The topological polar surface area (TPSA) is 89.5 Å². The molecule has 0 bridgehead atoms. The van der Waals surface area contributed by atoms with E-state index in [1.165, 1.54) is 18.2 Å². The minimum atomic E-state index is -1.06. The van der Waals surface area contributed by atoms with Crippen LogP contribution in [0.25, 0.3) is 0 Å². The molecule has 7 heteroatoms. The van der Waals surface area contributed by atoms with E-state index in [0.717, 1.165) is 5.56 Å². The fourth-order valence-corrected chi connectivity index (χ4v) is 2.25. The van der Waals surface area contributed by atoms with Gasteiger partial charge >= 0.3 is 29.6 Å². The molecular formula is C17H15ClNNaO4. The number of aromatic hydroxyl groups is 1. The van der Waals surface area contributed by atoms with Gasteiger partial charge in [-0.1, -0.05) is 23.7 Å². The van der Waals surface area contributed by atoms with Crippen molar-refractivity contribution in [1.29, 1.82) is 0 Å². The summed E-state index contributed by atoms with van der Waals surface area (Å²) in [5.41, 5.74) is 1.63. The molecule has 0 unspecified atom stereocenters. The Morgan fingerprint density at radius 1 is 1.12 bits per heavy atom. The first-order chi connectivity index (χ1) is 11.0. The largest absolute Gasteiger partial charge is 1.00 e. The number of phenols is 1. The zero-order valence-corrected chi connectivity index (χ0v) is 16.0. The average Bonchev–Trinajstić information content (AvgIpc) is 2.51. The first kappa shape index (κ1) is 20.5. The molecule has 2 N–H and O–H groups in total. The van der Waals surface area contributed by atoms with Crippen molar-refractivity contribution in [3.8, 4) is 5.75 Å². The maximum Gasteiger partial charge on any atom is 1.00 e. The van der Waals surface area contributed by atoms with E-state index in [0.29, 0.717) is 23.6 Å². The van der Waals surface area contributed by atoms with E-state index in [9.17, 15) is 19.8 Å². The van der Waals surface area contributed by atoms with Crippen LogP contribution in [0.2, 0.25) is 5.02 Å². The van der Waals surface area contributed by atoms with Crippen molar-refractivity contribution in [1.82, 2.24) is 0 Å². The Morgan fingerprint density at radius 2 is 1.79 bits per heavy atom. The molecule has 0 fully saturated rings. The van der Waals surface area contributed by atoms with Crippen LogP contribution in [0.4, 0.5) is 5.69 Å². The van der Waals surface area contributed by atoms with Gasteiger partial charge in [0, 0.05) is 16.7 Å². The molecule has 0 spiro atoms. The van der Waals surface area contributed by atoms with Crippen molar-refractivity contribution in [2.75, 3.05) is 5.32 Å². The summed E-state index contributed by atoms with van der Waals surface area (Å²) >= 11 is 5.82. The van der Waals surface area contributed by atoms with Gasteiger partial charge < -0.3 is 20.3 Å². The Labute approximate surface area is 166 Å². The number of phenolic OH excluding ortho intramolecular Hbond substituents is 1. The molecule has 2 aromatic carbocycles. The molecule has 0 saturated carbocycles. The first-order valence-electron chi connectivity index (χ1n) is 7.04. The number of hydrogen-bond donors (Lipinski definition) is 2. The summed E-state index contributed by atoms with van der Waals surface area (Å²) in [6.45, 7) is 0. The van der Waals surface area contributed by atoms with Crippen LogP contribution in [-0.2, 0) is 11.2 Å². The minimum absolute atomic E-state index is 0. The van der Waals surface area contributed by atoms with E-state index in [2.05, 4.69) is 5.32 Å². The van der Waals surface area contributed by atoms with Crippen LogP contribution < -0.4 is 40.0 Å². The number of aryl methyl sites for hydroxylation is 1. The molecular weight excluding hydrogens is 341 g/mol. The number of benzene rings is 2. The number of carbonyl (C=O) groups excluding carboxylic acids is 2. The van der Waals surface area contributed by atoms with Gasteiger partial charge in [0.15, 0.2) is 0 Å². The molecule has 0 atom stereocenters. The van der Waals surface area contributed by atoms with Gasteiger partial charge in [-0.05, 0) is 55.2 Å². The molecule has 0 aliphatic heterocycles. The van der Waals surface area contributed by atoms with Gasteiger partial charge in [-0.2, -0.15) is 0 Å². The number of carboxylic acids is 1. The van der Waals surface area contributed by atoms with Crippen molar-refractivity contribution in [3.63, 3.8) is 0 Å². The summed E-state index contributed by atoms with van der Waals surface area (Å²) in [5.74, 6) is -1.67. The molecule has 0 heterocycles.